The van der Waals surface area contributed by atoms with Crippen LogP contribution in [0.5, 0.6) is 0 Å². The van der Waals surface area contributed by atoms with Crippen molar-refractivity contribution in [3.8, 4) is 5.69 Å². The van der Waals surface area contributed by atoms with E-state index in [4.69, 9.17) is 11.6 Å². The molecule has 1 amide bonds. The third kappa shape index (κ3) is 5.21. The molecule has 39 heavy (non-hydrogen) atoms. The average molecular weight is 538 g/mol. The predicted octanol–water partition coefficient (Wildman–Crippen LogP) is 6.80. The fourth-order valence-corrected chi connectivity index (χ4v) is 5.89. The van der Waals surface area contributed by atoms with Crippen LogP contribution in [0.15, 0.2) is 79.1 Å². The second-order valence-electron chi connectivity index (χ2n) is 10.5. The van der Waals surface area contributed by atoms with E-state index in [9.17, 15) is 4.79 Å². The molecule has 3 heterocycles. The minimum absolute atomic E-state index is 0.0739. The molecule has 2 aliphatic rings. The molecule has 6 nitrogen and oxygen atoms in total. The number of rotatable bonds is 4. The summed E-state index contributed by atoms with van der Waals surface area (Å²) in [6, 6.07) is 24.3. The Balaban J connectivity index is 0.000000410. The lowest BCUT2D eigenvalue weighted by Gasteiger charge is -2.27. The Labute approximate surface area is 233 Å². The number of nitrogens with one attached hydrogen (secondary N) is 1. The second-order valence-corrected chi connectivity index (χ2v) is 10.9. The SMILES string of the molecule is Cc1ccc2c(c1)c(C1CC1)c1n2CC(NC(=O)c2ccc(-n3cnnc3C)cc2Cl)CC1.c1ccccc1. The fourth-order valence-electron chi connectivity index (χ4n) is 5.63. The Bertz CT molecular complexity index is 1610. The average Bonchev–Trinajstić information content (AvgIpc) is 3.61. The summed E-state index contributed by atoms with van der Waals surface area (Å²) >= 11 is 6.51. The zero-order chi connectivity index (χ0) is 26.9. The van der Waals surface area contributed by atoms with Crippen molar-refractivity contribution in [1.82, 2.24) is 24.6 Å². The lowest BCUT2D eigenvalue weighted by molar-refractivity contribution is 0.0928. The van der Waals surface area contributed by atoms with Crippen LogP contribution < -0.4 is 5.32 Å². The van der Waals surface area contributed by atoms with Crippen LogP contribution in [0.25, 0.3) is 16.6 Å². The van der Waals surface area contributed by atoms with Gasteiger partial charge >= 0.3 is 0 Å². The summed E-state index contributed by atoms with van der Waals surface area (Å²) < 4.78 is 4.28. The number of hydrogen-bond donors (Lipinski definition) is 1. The number of fused-ring (bicyclic) bond motifs is 3. The van der Waals surface area contributed by atoms with E-state index < -0.39 is 0 Å². The topological polar surface area (TPSA) is 64.7 Å². The van der Waals surface area contributed by atoms with Gasteiger partial charge in [-0.2, -0.15) is 0 Å². The molecule has 0 spiro atoms. The van der Waals surface area contributed by atoms with Crippen molar-refractivity contribution in [3.63, 3.8) is 0 Å². The highest BCUT2D eigenvalue weighted by molar-refractivity contribution is 6.34. The van der Waals surface area contributed by atoms with Gasteiger partial charge in [0.2, 0.25) is 0 Å². The highest BCUT2D eigenvalue weighted by Gasteiger charge is 2.33. The summed E-state index contributed by atoms with van der Waals surface area (Å²) in [5, 5.41) is 13.0. The number of halogens is 1. The number of carbonyl (C=O) groups excluding carboxylic acids is 1. The summed E-state index contributed by atoms with van der Waals surface area (Å²) in [5.74, 6) is 1.35. The van der Waals surface area contributed by atoms with Gasteiger partial charge in [-0.05, 0) is 81.3 Å². The molecule has 7 heteroatoms. The van der Waals surface area contributed by atoms with E-state index in [0.717, 1.165) is 30.9 Å². The van der Waals surface area contributed by atoms with E-state index in [1.807, 2.05) is 54.0 Å². The maximum Gasteiger partial charge on any atom is 0.253 e. The molecule has 1 aliphatic heterocycles. The van der Waals surface area contributed by atoms with Crippen molar-refractivity contribution in [2.45, 2.75) is 58.0 Å². The number of amides is 1. The van der Waals surface area contributed by atoms with Gasteiger partial charge in [-0.3, -0.25) is 9.36 Å². The molecule has 1 fully saturated rings. The number of aryl methyl sites for hydroxylation is 2. The van der Waals surface area contributed by atoms with Crippen molar-refractivity contribution in [2.75, 3.05) is 0 Å². The summed E-state index contributed by atoms with van der Waals surface area (Å²) in [7, 11) is 0. The molecule has 0 saturated heterocycles. The van der Waals surface area contributed by atoms with Crippen LogP contribution in [-0.4, -0.2) is 31.3 Å². The summed E-state index contributed by atoms with van der Waals surface area (Å²) in [6.45, 7) is 4.83. The van der Waals surface area contributed by atoms with Gasteiger partial charge in [-0.15, -0.1) is 10.2 Å². The predicted molar refractivity (Wildman–Crippen MR) is 156 cm³/mol. The molecular formula is C32H32ClN5O. The van der Waals surface area contributed by atoms with E-state index in [1.165, 1.54) is 35.0 Å². The number of benzene rings is 3. The van der Waals surface area contributed by atoms with Crippen molar-refractivity contribution in [3.05, 3.63) is 112 Å². The largest absolute Gasteiger partial charge is 0.347 e. The number of nitrogens with zero attached hydrogens (tertiary/aromatic N) is 4. The Hall–Kier alpha value is -3.90. The summed E-state index contributed by atoms with van der Waals surface area (Å²) in [4.78, 5) is 13.1. The molecule has 1 aliphatic carbocycles. The molecule has 0 bridgehead atoms. The molecule has 1 unspecified atom stereocenters. The van der Waals surface area contributed by atoms with Crippen LogP contribution in [0.1, 0.15) is 58.2 Å². The third-order valence-electron chi connectivity index (χ3n) is 7.68. The quantitative estimate of drug-likeness (QED) is 0.274. The van der Waals surface area contributed by atoms with Crippen LogP contribution in [0.2, 0.25) is 5.02 Å². The summed E-state index contributed by atoms with van der Waals surface area (Å²) in [6.07, 6.45) is 6.16. The number of carbonyl (C=O) groups is 1. The molecular weight excluding hydrogens is 506 g/mol. The van der Waals surface area contributed by atoms with Gasteiger partial charge in [0, 0.05) is 34.9 Å². The molecule has 1 N–H and O–H groups in total. The lowest BCUT2D eigenvalue weighted by Crippen LogP contribution is -2.41. The van der Waals surface area contributed by atoms with Crippen molar-refractivity contribution in [1.29, 1.82) is 0 Å². The van der Waals surface area contributed by atoms with E-state index >= 15 is 0 Å². The monoisotopic (exact) mass is 537 g/mol. The van der Waals surface area contributed by atoms with Crippen molar-refractivity contribution in [2.24, 2.45) is 0 Å². The molecule has 1 atom stereocenters. The zero-order valence-corrected chi connectivity index (χ0v) is 23.0. The van der Waals surface area contributed by atoms with Gasteiger partial charge in [0.15, 0.2) is 0 Å². The fraction of sp³-hybridized carbons (Fsp3) is 0.281. The van der Waals surface area contributed by atoms with Crippen LogP contribution in [0.3, 0.4) is 0 Å². The van der Waals surface area contributed by atoms with Crippen LogP contribution in [0.4, 0.5) is 0 Å². The molecule has 198 valence electrons. The van der Waals surface area contributed by atoms with Crippen LogP contribution in [0, 0.1) is 13.8 Å². The molecule has 0 radical (unpaired) electrons. The van der Waals surface area contributed by atoms with Gasteiger partial charge in [-0.25, -0.2) is 0 Å². The van der Waals surface area contributed by atoms with E-state index in [0.29, 0.717) is 16.5 Å². The standard InChI is InChI=1S/C26H26ClN5O.C6H6/c1-15-3-9-23-21(11-15)25(17-4-5-17)24-10-6-18(13-31(23)24)29-26(33)20-8-7-19(12-22(20)27)32-14-28-30-16(32)2;1-2-4-6-5-3-1/h3,7-9,11-12,14,17-18H,4-6,10,13H2,1-2H3,(H,29,33);1-6H. The van der Waals surface area contributed by atoms with Crippen LogP contribution in [-0.2, 0) is 13.0 Å². The van der Waals surface area contributed by atoms with Crippen molar-refractivity contribution < 1.29 is 4.79 Å². The van der Waals surface area contributed by atoms with Gasteiger partial charge in [-0.1, -0.05) is 59.6 Å². The maximum atomic E-state index is 13.1. The minimum atomic E-state index is -0.129. The highest BCUT2D eigenvalue weighted by Crippen LogP contribution is 2.47. The van der Waals surface area contributed by atoms with Crippen molar-refractivity contribution >= 4 is 28.4 Å². The molecule has 5 aromatic rings. The molecule has 2 aromatic heterocycles. The number of aromatic nitrogens is 4. The zero-order valence-electron chi connectivity index (χ0n) is 22.3. The van der Waals surface area contributed by atoms with E-state index in [-0.39, 0.29) is 11.9 Å². The maximum absolute atomic E-state index is 13.1. The minimum Gasteiger partial charge on any atom is -0.347 e. The lowest BCUT2D eigenvalue weighted by atomic mass is 9.99. The number of hydrogen-bond acceptors (Lipinski definition) is 3. The molecule has 1 saturated carbocycles. The third-order valence-corrected chi connectivity index (χ3v) is 8.00. The van der Waals surface area contributed by atoms with Gasteiger partial charge in [0.05, 0.1) is 10.6 Å². The Morgan fingerprint density at radius 2 is 1.72 bits per heavy atom. The van der Waals surface area contributed by atoms with Gasteiger partial charge < -0.3 is 9.88 Å². The van der Waals surface area contributed by atoms with E-state index in [2.05, 4.69) is 45.2 Å². The first-order valence-corrected chi connectivity index (χ1v) is 14.0. The molecule has 3 aromatic carbocycles. The van der Waals surface area contributed by atoms with Gasteiger partial charge in [0.25, 0.3) is 5.91 Å². The first-order chi connectivity index (χ1) is 19.0. The first-order valence-electron chi connectivity index (χ1n) is 13.6. The van der Waals surface area contributed by atoms with Crippen LogP contribution >= 0.6 is 11.6 Å². The van der Waals surface area contributed by atoms with E-state index in [1.54, 1.807) is 24.0 Å². The molecule has 7 rings (SSSR count). The Kier molecular flexibility index (Phi) is 6.96. The highest BCUT2D eigenvalue weighted by atomic mass is 35.5. The second kappa shape index (κ2) is 10.7. The normalized spacial score (nSPS) is 16.3. The Morgan fingerprint density at radius 3 is 2.36 bits per heavy atom. The van der Waals surface area contributed by atoms with Gasteiger partial charge in [0.1, 0.15) is 12.2 Å². The smallest absolute Gasteiger partial charge is 0.253 e. The summed E-state index contributed by atoms with van der Waals surface area (Å²) in [5.41, 5.74) is 6.95. The Morgan fingerprint density at radius 1 is 0.974 bits per heavy atom. The first kappa shape index (κ1) is 25.4.